The molecule has 3 rings (SSSR count). The van der Waals surface area contributed by atoms with E-state index in [-0.39, 0.29) is 5.91 Å². The molecule has 7 heteroatoms. The zero-order valence-electron chi connectivity index (χ0n) is 16.5. The molecule has 0 fully saturated rings. The summed E-state index contributed by atoms with van der Waals surface area (Å²) in [5.41, 5.74) is 1.93. The number of aromatic nitrogens is 1. The van der Waals surface area contributed by atoms with Gasteiger partial charge in [0.25, 0.3) is 0 Å². The fourth-order valence-electron chi connectivity index (χ4n) is 3.00. The second-order valence-electron chi connectivity index (χ2n) is 6.36. The summed E-state index contributed by atoms with van der Waals surface area (Å²) in [6.07, 6.45) is 0.972. The van der Waals surface area contributed by atoms with E-state index in [2.05, 4.69) is 4.98 Å². The summed E-state index contributed by atoms with van der Waals surface area (Å²) in [5.74, 6) is 1.79. The predicted molar refractivity (Wildman–Crippen MR) is 111 cm³/mol. The molecule has 0 aliphatic carbocycles. The molecule has 1 aromatic heterocycles. The van der Waals surface area contributed by atoms with E-state index in [1.807, 2.05) is 43.4 Å². The highest BCUT2D eigenvalue weighted by Crippen LogP contribution is 2.38. The Labute approximate surface area is 168 Å². The van der Waals surface area contributed by atoms with Crippen LogP contribution in [-0.4, -0.2) is 44.2 Å². The topological polar surface area (TPSA) is 60.9 Å². The number of hydrogen-bond donors (Lipinski definition) is 0. The molecular formula is C21H24N2O4S. The maximum absolute atomic E-state index is 12.6. The second kappa shape index (κ2) is 8.93. The summed E-state index contributed by atoms with van der Waals surface area (Å²) in [7, 11) is 6.54. The molecule has 0 aliphatic rings. The van der Waals surface area contributed by atoms with Crippen LogP contribution in [0, 0.1) is 0 Å². The van der Waals surface area contributed by atoms with Crippen LogP contribution in [0.2, 0.25) is 0 Å². The zero-order chi connectivity index (χ0) is 20.1. The van der Waals surface area contributed by atoms with Gasteiger partial charge in [0, 0.05) is 13.5 Å². The van der Waals surface area contributed by atoms with E-state index in [0.717, 1.165) is 20.8 Å². The van der Waals surface area contributed by atoms with E-state index >= 15 is 0 Å². The van der Waals surface area contributed by atoms with Crippen molar-refractivity contribution in [1.82, 2.24) is 9.88 Å². The number of hydrogen-bond acceptors (Lipinski definition) is 6. The molecule has 3 aromatic rings. The maximum Gasteiger partial charge on any atom is 0.223 e. The van der Waals surface area contributed by atoms with Crippen molar-refractivity contribution in [2.45, 2.75) is 19.4 Å². The molecule has 0 saturated heterocycles. The molecule has 0 aliphatic heterocycles. The third-order valence-corrected chi connectivity index (χ3v) is 5.51. The van der Waals surface area contributed by atoms with Crippen LogP contribution >= 0.6 is 11.3 Å². The van der Waals surface area contributed by atoms with Crippen LogP contribution in [-0.2, 0) is 17.8 Å². The molecule has 0 radical (unpaired) electrons. The third-order valence-electron chi connectivity index (χ3n) is 4.49. The van der Waals surface area contributed by atoms with Crippen molar-refractivity contribution >= 4 is 27.5 Å². The zero-order valence-corrected chi connectivity index (χ0v) is 17.3. The lowest BCUT2D eigenvalue weighted by molar-refractivity contribution is -0.130. The number of rotatable bonds is 8. The Balaban J connectivity index is 1.64. The van der Waals surface area contributed by atoms with E-state index in [4.69, 9.17) is 14.2 Å². The molecule has 0 bridgehead atoms. The summed E-state index contributed by atoms with van der Waals surface area (Å²) >= 11 is 1.62. The lowest BCUT2D eigenvalue weighted by Gasteiger charge is -2.17. The van der Waals surface area contributed by atoms with Crippen LogP contribution in [0.1, 0.15) is 17.0 Å². The molecule has 0 atom stereocenters. The number of fused-ring (bicyclic) bond motifs is 1. The fourth-order valence-corrected chi connectivity index (χ4v) is 4.02. The number of ether oxygens (including phenoxy) is 3. The Morgan fingerprint density at radius 3 is 2.36 bits per heavy atom. The average molecular weight is 401 g/mol. The van der Waals surface area contributed by atoms with Gasteiger partial charge in [0.1, 0.15) is 5.01 Å². The Morgan fingerprint density at radius 2 is 1.75 bits per heavy atom. The summed E-state index contributed by atoms with van der Waals surface area (Å²) in [5, 5.41) is 0.935. The molecule has 148 valence electrons. The number of methoxy groups -OCH3 is 3. The smallest absolute Gasteiger partial charge is 0.223 e. The Kier molecular flexibility index (Phi) is 6.36. The number of carbonyl (C=O) groups is 1. The summed E-state index contributed by atoms with van der Waals surface area (Å²) in [4.78, 5) is 18.9. The van der Waals surface area contributed by atoms with Gasteiger partial charge in [0.15, 0.2) is 11.5 Å². The highest BCUT2D eigenvalue weighted by molar-refractivity contribution is 7.18. The number of amides is 1. The van der Waals surface area contributed by atoms with Gasteiger partial charge in [-0.3, -0.25) is 4.79 Å². The maximum atomic E-state index is 12.6. The quantitative estimate of drug-likeness (QED) is 0.574. The Hall–Kier alpha value is -2.80. The minimum atomic E-state index is 0.0630. The van der Waals surface area contributed by atoms with Gasteiger partial charge in [-0.2, -0.15) is 0 Å². The molecule has 28 heavy (non-hydrogen) atoms. The molecule has 6 nitrogen and oxygen atoms in total. The number of benzene rings is 2. The molecule has 1 heterocycles. The standard InChI is InChI=1S/C21H24N2O4S/c1-23(13-19-22-15-7-5-6-8-18(15)28-19)20(24)10-9-14-11-16(25-2)21(27-4)17(12-14)26-3/h5-8,11-12H,9-10,13H2,1-4H3. The minimum Gasteiger partial charge on any atom is -0.493 e. The van der Waals surface area contributed by atoms with Crippen LogP contribution in [0.4, 0.5) is 0 Å². The minimum absolute atomic E-state index is 0.0630. The molecule has 0 unspecified atom stereocenters. The van der Waals surface area contributed by atoms with Crippen molar-refractivity contribution < 1.29 is 19.0 Å². The van der Waals surface area contributed by atoms with Gasteiger partial charge in [-0.15, -0.1) is 11.3 Å². The van der Waals surface area contributed by atoms with Crippen molar-refractivity contribution in [2.24, 2.45) is 0 Å². The van der Waals surface area contributed by atoms with E-state index < -0.39 is 0 Å². The van der Waals surface area contributed by atoms with E-state index in [1.165, 1.54) is 0 Å². The first-order valence-corrected chi connectivity index (χ1v) is 9.74. The summed E-state index contributed by atoms with van der Waals surface area (Å²) in [6, 6.07) is 11.8. The van der Waals surface area contributed by atoms with Gasteiger partial charge in [-0.25, -0.2) is 4.98 Å². The molecule has 0 N–H and O–H groups in total. The van der Waals surface area contributed by atoms with Crippen LogP contribution in [0.5, 0.6) is 17.2 Å². The van der Waals surface area contributed by atoms with Crippen molar-refractivity contribution in [1.29, 1.82) is 0 Å². The van der Waals surface area contributed by atoms with Crippen LogP contribution < -0.4 is 14.2 Å². The first kappa shape index (κ1) is 19.9. The summed E-state index contributed by atoms with van der Waals surface area (Å²) in [6.45, 7) is 0.507. The largest absolute Gasteiger partial charge is 0.493 e. The third kappa shape index (κ3) is 4.36. The molecule has 2 aromatic carbocycles. The second-order valence-corrected chi connectivity index (χ2v) is 7.47. The van der Waals surface area contributed by atoms with Crippen molar-refractivity contribution in [3.63, 3.8) is 0 Å². The number of aryl methyl sites for hydroxylation is 1. The fraction of sp³-hybridized carbons (Fsp3) is 0.333. The SMILES string of the molecule is COc1cc(CCC(=O)N(C)Cc2nc3ccccc3s2)cc(OC)c1OC. The Morgan fingerprint density at radius 1 is 1.07 bits per heavy atom. The van der Waals surface area contributed by atoms with Crippen molar-refractivity contribution in [3.05, 3.63) is 47.0 Å². The molecule has 0 saturated carbocycles. The summed E-state index contributed by atoms with van der Waals surface area (Å²) < 4.78 is 17.2. The number of nitrogens with zero attached hydrogens (tertiary/aromatic N) is 2. The predicted octanol–water partition coefficient (Wildman–Crippen LogP) is 3.91. The van der Waals surface area contributed by atoms with E-state index in [1.54, 1.807) is 37.6 Å². The first-order chi connectivity index (χ1) is 13.5. The lowest BCUT2D eigenvalue weighted by Crippen LogP contribution is -2.26. The number of para-hydroxylation sites is 1. The van der Waals surface area contributed by atoms with Gasteiger partial charge in [-0.05, 0) is 36.2 Å². The monoisotopic (exact) mass is 400 g/mol. The van der Waals surface area contributed by atoms with Crippen molar-refractivity contribution in [3.8, 4) is 17.2 Å². The Bertz CT molecular complexity index is 912. The normalized spacial score (nSPS) is 10.7. The van der Waals surface area contributed by atoms with E-state index in [0.29, 0.717) is 36.6 Å². The van der Waals surface area contributed by atoms with Gasteiger partial charge < -0.3 is 19.1 Å². The van der Waals surface area contributed by atoms with Crippen LogP contribution in [0.3, 0.4) is 0 Å². The highest BCUT2D eigenvalue weighted by atomic mass is 32.1. The molecular weight excluding hydrogens is 376 g/mol. The van der Waals surface area contributed by atoms with Gasteiger partial charge >= 0.3 is 0 Å². The average Bonchev–Trinajstić information content (AvgIpc) is 3.13. The van der Waals surface area contributed by atoms with Gasteiger partial charge in [0.2, 0.25) is 11.7 Å². The van der Waals surface area contributed by atoms with Gasteiger partial charge in [-0.1, -0.05) is 12.1 Å². The first-order valence-electron chi connectivity index (χ1n) is 8.93. The number of thiazole rings is 1. The van der Waals surface area contributed by atoms with Crippen molar-refractivity contribution in [2.75, 3.05) is 28.4 Å². The molecule has 1 amide bonds. The van der Waals surface area contributed by atoms with E-state index in [9.17, 15) is 4.79 Å². The van der Waals surface area contributed by atoms with Crippen LogP contribution in [0.15, 0.2) is 36.4 Å². The molecule has 0 spiro atoms. The highest BCUT2D eigenvalue weighted by Gasteiger charge is 2.16. The lowest BCUT2D eigenvalue weighted by atomic mass is 10.1. The van der Waals surface area contributed by atoms with Crippen LogP contribution in [0.25, 0.3) is 10.2 Å². The van der Waals surface area contributed by atoms with Gasteiger partial charge in [0.05, 0.1) is 38.1 Å². The number of carbonyl (C=O) groups excluding carboxylic acids is 1.